The molecular formula is C23H25F2N3O5S. The summed E-state index contributed by atoms with van der Waals surface area (Å²) in [6.07, 6.45) is 2.88. The van der Waals surface area contributed by atoms with Crippen molar-refractivity contribution >= 4 is 16.1 Å². The van der Waals surface area contributed by atoms with Gasteiger partial charge in [-0.05, 0) is 59.0 Å². The molecule has 0 bridgehead atoms. The fourth-order valence-electron chi connectivity index (χ4n) is 3.40. The average Bonchev–Trinajstić information content (AvgIpc) is 3.18. The average molecular weight is 494 g/mol. The highest BCUT2D eigenvalue weighted by Gasteiger charge is 2.25. The number of hydrogen-bond donors (Lipinski definition) is 1. The maximum absolute atomic E-state index is 13.4. The third-order valence-corrected chi connectivity index (χ3v) is 6.38. The van der Waals surface area contributed by atoms with Crippen LogP contribution in [-0.4, -0.2) is 46.6 Å². The van der Waals surface area contributed by atoms with E-state index in [9.17, 15) is 27.1 Å². The Labute approximate surface area is 196 Å². The van der Waals surface area contributed by atoms with Crippen molar-refractivity contribution in [2.75, 3.05) is 6.54 Å². The van der Waals surface area contributed by atoms with E-state index in [0.29, 0.717) is 11.1 Å². The Morgan fingerprint density at radius 1 is 1.21 bits per heavy atom. The quantitative estimate of drug-likeness (QED) is 0.478. The summed E-state index contributed by atoms with van der Waals surface area (Å²) in [6.45, 7) is 2.90. The molecule has 8 nitrogen and oxygen atoms in total. The van der Waals surface area contributed by atoms with Crippen LogP contribution in [0.3, 0.4) is 0 Å². The summed E-state index contributed by atoms with van der Waals surface area (Å²) in [6, 6.07) is 9.97. The lowest BCUT2D eigenvalue weighted by molar-refractivity contribution is -0.0498. The van der Waals surface area contributed by atoms with E-state index in [-0.39, 0.29) is 34.8 Å². The Balaban J connectivity index is 2.08. The van der Waals surface area contributed by atoms with Crippen molar-refractivity contribution in [2.45, 2.75) is 38.8 Å². The summed E-state index contributed by atoms with van der Waals surface area (Å²) in [4.78, 5) is 16.8. The predicted molar refractivity (Wildman–Crippen MR) is 121 cm³/mol. The van der Waals surface area contributed by atoms with Crippen LogP contribution in [0.1, 0.15) is 26.3 Å². The minimum absolute atomic E-state index is 0.0399. The van der Waals surface area contributed by atoms with E-state index < -0.39 is 22.7 Å². The van der Waals surface area contributed by atoms with Gasteiger partial charge in [-0.3, -0.25) is 4.98 Å². The normalized spacial score (nSPS) is 12.1. The topological polar surface area (TPSA) is 102 Å². The van der Waals surface area contributed by atoms with Crippen molar-refractivity contribution in [1.82, 2.24) is 13.9 Å². The van der Waals surface area contributed by atoms with Crippen LogP contribution >= 0.6 is 0 Å². The van der Waals surface area contributed by atoms with Crippen molar-refractivity contribution in [2.24, 2.45) is 5.41 Å². The van der Waals surface area contributed by atoms with Gasteiger partial charge >= 0.3 is 12.7 Å². The SMILES string of the molecule is CC(C)(C)CN(Cc1cc(-c2ccc(OC(F)F)cc2)n(S(=O)(=O)c2cccnc2)c1)C(=O)O. The zero-order valence-electron chi connectivity index (χ0n) is 18.9. The van der Waals surface area contributed by atoms with Gasteiger partial charge in [-0.2, -0.15) is 8.78 Å². The summed E-state index contributed by atoms with van der Waals surface area (Å²) in [7, 11) is -4.08. The minimum Gasteiger partial charge on any atom is -0.465 e. The second-order valence-corrected chi connectivity index (χ2v) is 10.6. The number of amides is 1. The fraction of sp³-hybridized carbons (Fsp3) is 0.304. The van der Waals surface area contributed by atoms with E-state index in [0.717, 1.165) is 3.97 Å². The van der Waals surface area contributed by atoms with Crippen molar-refractivity contribution in [3.05, 3.63) is 66.6 Å². The first kappa shape index (κ1) is 25.2. The van der Waals surface area contributed by atoms with Gasteiger partial charge in [0.05, 0.1) is 12.2 Å². The second-order valence-electron chi connectivity index (χ2n) is 8.83. The van der Waals surface area contributed by atoms with Gasteiger partial charge in [-0.25, -0.2) is 17.2 Å². The van der Waals surface area contributed by atoms with Crippen LogP contribution in [-0.2, 0) is 16.6 Å². The number of pyridine rings is 1. The molecule has 3 aromatic rings. The molecule has 0 fully saturated rings. The van der Waals surface area contributed by atoms with Crippen molar-refractivity contribution < 1.29 is 31.8 Å². The maximum Gasteiger partial charge on any atom is 0.407 e. The molecule has 0 aliphatic rings. The molecule has 3 rings (SSSR count). The first-order valence-corrected chi connectivity index (χ1v) is 11.7. The number of carbonyl (C=O) groups is 1. The van der Waals surface area contributed by atoms with Crippen LogP contribution in [0, 0.1) is 5.41 Å². The molecule has 182 valence electrons. The molecule has 11 heteroatoms. The van der Waals surface area contributed by atoms with E-state index >= 15 is 0 Å². The maximum atomic E-state index is 13.4. The third kappa shape index (κ3) is 6.10. The van der Waals surface area contributed by atoms with E-state index in [4.69, 9.17) is 0 Å². The van der Waals surface area contributed by atoms with E-state index in [1.54, 1.807) is 6.07 Å². The molecular weight excluding hydrogens is 468 g/mol. The van der Waals surface area contributed by atoms with Crippen molar-refractivity contribution in [3.63, 3.8) is 0 Å². The number of aromatic nitrogens is 2. The lowest BCUT2D eigenvalue weighted by Crippen LogP contribution is -2.36. The van der Waals surface area contributed by atoms with Gasteiger partial charge in [0.15, 0.2) is 0 Å². The zero-order chi connectivity index (χ0) is 25.1. The lowest BCUT2D eigenvalue weighted by atomic mass is 9.96. The molecule has 0 aliphatic carbocycles. The Hall–Kier alpha value is -3.47. The van der Waals surface area contributed by atoms with Crippen molar-refractivity contribution in [1.29, 1.82) is 0 Å². The van der Waals surface area contributed by atoms with Crippen LogP contribution in [0.2, 0.25) is 0 Å². The highest BCUT2D eigenvalue weighted by Crippen LogP contribution is 2.30. The summed E-state index contributed by atoms with van der Waals surface area (Å²) in [5.41, 5.74) is 0.787. The van der Waals surface area contributed by atoms with Gasteiger partial charge in [0.25, 0.3) is 10.0 Å². The van der Waals surface area contributed by atoms with Crippen molar-refractivity contribution in [3.8, 4) is 17.0 Å². The number of nitrogens with zero attached hydrogens (tertiary/aromatic N) is 3. The standard InChI is InChI=1S/C23H25F2N3O5S/c1-23(2,3)15-27(22(29)30)13-16-11-20(17-6-8-18(9-7-17)33-21(24)25)28(14-16)34(31,32)19-5-4-10-26-12-19/h4-12,14,21H,13,15H2,1-3H3,(H,29,30). The predicted octanol–water partition coefficient (Wildman–Crippen LogP) is 4.91. The summed E-state index contributed by atoms with van der Waals surface area (Å²) < 4.78 is 57.1. The van der Waals surface area contributed by atoms with E-state index in [1.165, 1.54) is 59.9 Å². The van der Waals surface area contributed by atoms with Gasteiger partial charge in [0.1, 0.15) is 10.6 Å². The molecule has 0 atom stereocenters. The van der Waals surface area contributed by atoms with Crippen LogP contribution < -0.4 is 4.74 Å². The zero-order valence-corrected chi connectivity index (χ0v) is 19.7. The van der Waals surface area contributed by atoms with Crippen LogP contribution in [0.5, 0.6) is 5.75 Å². The molecule has 0 spiro atoms. The number of halogens is 2. The minimum atomic E-state index is -4.08. The molecule has 1 amide bonds. The number of alkyl halides is 2. The number of hydrogen-bond acceptors (Lipinski definition) is 5. The Kier molecular flexibility index (Phi) is 7.25. The summed E-state index contributed by atoms with van der Waals surface area (Å²) in [5, 5.41) is 9.65. The molecule has 34 heavy (non-hydrogen) atoms. The molecule has 2 aromatic heterocycles. The highest BCUT2D eigenvalue weighted by molar-refractivity contribution is 7.90. The van der Waals surface area contributed by atoms with Gasteiger partial charge in [-0.15, -0.1) is 0 Å². The first-order valence-electron chi connectivity index (χ1n) is 10.3. The number of rotatable bonds is 8. The first-order chi connectivity index (χ1) is 15.9. The van der Waals surface area contributed by atoms with Gasteiger partial charge in [0.2, 0.25) is 0 Å². The van der Waals surface area contributed by atoms with Crippen LogP contribution in [0.4, 0.5) is 13.6 Å². The molecule has 0 saturated heterocycles. The fourth-order valence-corrected chi connectivity index (χ4v) is 4.76. The number of ether oxygens (including phenoxy) is 1. The summed E-state index contributed by atoms with van der Waals surface area (Å²) >= 11 is 0. The molecule has 2 heterocycles. The molecule has 0 unspecified atom stereocenters. The molecule has 1 N–H and O–H groups in total. The van der Waals surface area contributed by atoms with Crippen LogP contribution in [0.15, 0.2) is 66.0 Å². The van der Waals surface area contributed by atoms with Gasteiger partial charge < -0.3 is 14.7 Å². The Bertz CT molecular complexity index is 1240. The Morgan fingerprint density at radius 3 is 2.41 bits per heavy atom. The Morgan fingerprint density at radius 2 is 1.88 bits per heavy atom. The monoisotopic (exact) mass is 493 g/mol. The highest BCUT2D eigenvalue weighted by atomic mass is 32.2. The van der Waals surface area contributed by atoms with Crippen LogP contribution in [0.25, 0.3) is 11.3 Å². The van der Waals surface area contributed by atoms with E-state index in [1.807, 2.05) is 20.8 Å². The van der Waals surface area contributed by atoms with E-state index in [2.05, 4.69) is 9.72 Å². The second kappa shape index (κ2) is 9.80. The lowest BCUT2D eigenvalue weighted by Gasteiger charge is -2.27. The number of benzene rings is 1. The summed E-state index contributed by atoms with van der Waals surface area (Å²) in [5.74, 6) is -0.0746. The molecule has 0 radical (unpaired) electrons. The van der Waals surface area contributed by atoms with Gasteiger partial charge in [0, 0.05) is 25.1 Å². The molecule has 1 aromatic carbocycles. The largest absolute Gasteiger partial charge is 0.465 e. The number of carboxylic acid groups (broad SMARTS) is 1. The molecule has 0 aliphatic heterocycles. The third-order valence-electron chi connectivity index (χ3n) is 4.72. The smallest absolute Gasteiger partial charge is 0.407 e. The molecule has 0 saturated carbocycles. The van der Waals surface area contributed by atoms with Gasteiger partial charge in [-0.1, -0.05) is 20.8 Å².